The molecule has 0 fully saturated rings. The Balaban J connectivity index is 1.12. The lowest BCUT2D eigenvalue weighted by Gasteiger charge is -2.29. The van der Waals surface area contributed by atoms with Gasteiger partial charge in [0.15, 0.2) is 0 Å². The molecular weight excluding hydrogens is 683 g/mol. The Morgan fingerprint density at radius 3 is 1.71 bits per heavy atom. The largest absolute Gasteiger partial charge is 0.455 e. The molecule has 0 saturated carbocycles. The van der Waals surface area contributed by atoms with Crippen LogP contribution in [-0.4, -0.2) is 4.57 Å². The van der Waals surface area contributed by atoms with E-state index >= 15 is 0 Å². The Kier molecular flexibility index (Phi) is 7.46. The molecule has 0 radical (unpaired) electrons. The minimum Gasteiger partial charge on any atom is -0.455 e. The van der Waals surface area contributed by atoms with Gasteiger partial charge < -0.3 is 18.8 Å². The number of nitrogens with zero attached hydrogens (tertiary/aromatic N) is 3. The molecule has 2 aromatic heterocycles. The second-order valence-corrected chi connectivity index (χ2v) is 14.2. The molecule has 11 rings (SSSR count). The van der Waals surface area contributed by atoms with Crippen LogP contribution in [0.5, 0.6) is 0 Å². The van der Waals surface area contributed by atoms with E-state index in [1.165, 1.54) is 16.3 Å². The second-order valence-electron chi connectivity index (χ2n) is 14.2. The van der Waals surface area contributed by atoms with Crippen LogP contribution in [0, 0.1) is 0 Å². The Morgan fingerprint density at radius 2 is 0.929 bits per heavy atom. The Morgan fingerprint density at radius 1 is 0.357 bits per heavy atom. The molecule has 0 amide bonds. The summed E-state index contributed by atoms with van der Waals surface area (Å²) in [5.41, 5.74) is 11.6. The number of aromatic nitrogens is 1. The van der Waals surface area contributed by atoms with Crippen molar-refractivity contribution < 1.29 is 4.42 Å². The van der Waals surface area contributed by atoms with Crippen molar-refractivity contribution >= 4 is 88.6 Å². The van der Waals surface area contributed by atoms with Crippen LogP contribution in [0.15, 0.2) is 217 Å². The highest BCUT2D eigenvalue weighted by atomic mass is 16.3. The van der Waals surface area contributed by atoms with Crippen LogP contribution in [0.25, 0.3) is 60.2 Å². The van der Waals surface area contributed by atoms with Gasteiger partial charge in [0, 0.05) is 55.7 Å². The fourth-order valence-electron chi connectivity index (χ4n) is 8.47. The first-order valence-electron chi connectivity index (χ1n) is 19.0. The number of hydrogen-bond acceptors (Lipinski definition) is 3. The number of benzene rings is 9. The monoisotopic (exact) mass is 717 g/mol. The first kappa shape index (κ1) is 31.9. The van der Waals surface area contributed by atoms with Gasteiger partial charge in [-0.3, -0.25) is 0 Å². The molecule has 0 spiro atoms. The lowest BCUT2D eigenvalue weighted by Crippen LogP contribution is -2.13. The Labute approximate surface area is 324 Å². The summed E-state index contributed by atoms with van der Waals surface area (Å²) in [4.78, 5) is 4.72. The molecule has 0 aliphatic rings. The lowest BCUT2D eigenvalue weighted by molar-refractivity contribution is 0.672. The average molecular weight is 718 g/mol. The van der Waals surface area contributed by atoms with Crippen molar-refractivity contribution in [2.24, 2.45) is 0 Å². The standard InChI is InChI=1S/C52H35N3O/c1-4-17-37(18-5-1)53(42-31-33-45-44-26-12-13-27-47(44)55(49(45)35-42)39-21-8-3-9-22-39)40-23-14-24-41(34-40)54(38-19-6-2-7-20-38)48-28-15-29-50-51(48)46-32-30-36-16-10-11-25-43(36)52(46)56-50/h1-35H. The Hall–Kier alpha value is -7.56. The number of hydrogen-bond donors (Lipinski definition) is 0. The van der Waals surface area contributed by atoms with Crippen molar-refractivity contribution in [3.8, 4) is 5.69 Å². The third-order valence-electron chi connectivity index (χ3n) is 10.9. The molecule has 0 unspecified atom stereocenters. The van der Waals surface area contributed by atoms with Gasteiger partial charge in [-0.2, -0.15) is 0 Å². The van der Waals surface area contributed by atoms with Gasteiger partial charge in [0.2, 0.25) is 0 Å². The van der Waals surface area contributed by atoms with Gasteiger partial charge >= 0.3 is 0 Å². The van der Waals surface area contributed by atoms with Crippen LogP contribution >= 0.6 is 0 Å². The number of furan rings is 1. The van der Waals surface area contributed by atoms with E-state index in [2.05, 4.69) is 227 Å². The summed E-state index contributed by atoms with van der Waals surface area (Å²) in [5.74, 6) is 0. The van der Waals surface area contributed by atoms with Gasteiger partial charge in [0.25, 0.3) is 0 Å². The number of anilines is 6. The summed E-state index contributed by atoms with van der Waals surface area (Å²) in [6.07, 6.45) is 0. The van der Waals surface area contributed by atoms with Crippen molar-refractivity contribution in [1.29, 1.82) is 0 Å². The lowest BCUT2D eigenvalue weighted by atomic mass is 10.0. The molecule has 11 aromatic rings. The first-order chi connectivity index (χ1) is 27.8. The molecule has 4 nitrogen and oxygen atoms in total. The summed E-state index contributed by atoms with van der Waals surface area (Å²) in [6, 6.07) is 75.6. The highest BCUT2D eigenvalue weighted by Crippen LogP contribution is 2.46. The van der Waals surface area contributed by atoms with Crippen LogP contribution in [0.3, 0.4) is 0 Å². The van der Waals surface area contributed by atoms with Crippen LogP contribution in [0.2, 0.25) is 0 Å². The first-order valence-corrected chi connectivity index (χ1v) is 19.0. The van der Waals surface area contributed by atoms with Gasteiger partial charge in [0.1, 0.15) is 11.2 Å². The third kappa shape index (κ3) is 5.15. The highest BCUT2D eigenvalue weighted by molar-refractivity contribution is 6.19. The maximum Gasteiger partial charge on any atom is 0.143 e. The van der Waals surface area contributed by atoms with E-state index in [4.69, 9.17) is 4.42 Å². The van der Waals surface area contributed by atoms with Gasteiger partial charge in [-0.05, 0) is 96.4 Å². The normalized spacial score (nSPS) is 11.6. The zero-order chi connectivity index (χ0) is 37.0. The predicted molar refractivity (Wildman–Crippen MR) is 235 cm³/mol. The molecule has 56 heavy (non-hydrogen) atoms. The van der Waals surface area contributed by atoms with Gasteiger partial charge in [0.05, 0.1) is 22.1 Å². The number of fused-ring (bicyclic) bond motifs is 8. The minimum atomic E-state index is 0.860. The molecule has 0 aliphatic carbocycles. The van der Waals surface area contributed by atoms with Crippen LogP contribution in [-0.2, 0) is 0 Å². The molecule has 0 atom stereocenters. The predicted octanol–water partition coefficient (Wildman–Crippen LogP) is 14.8. The molecule has 2 heterocycles. The zero-order valence-corrected chi connectivity index (χ0v) is 30.5. The van der Waals surface area contributed by atoms with Crippen LogP contribution in [0.4, 0.5) is 34.1 Å². The average Bonchev–Trinajstić information content (AvgIpc) is 3.82. The number of rotatable bonds is 7. The molecular formula is C52H35N3O. The van der Waals surface area contributed by atoms with Crippen molar-refractivity contribution in [1.82, 2.24) is 4.57 Å². The summed E-state index contributed by atoms with van der Waals surface area (Å²) >= 11 is 0. The summed E-state index contributed by atoms with van der Waals surface area (Å²) in [5, 5.41) is 6.91. The maximum atomic E-state index is 6.67. The smallest absolute Gasteiger partial charge is 0.143 e. The number of para-hydroxylation sites is 4. The zero-order valence-electron chi connectivity index (χ0n) is 30.5. The van der Waals surface area contributed by atoms with E-state index in [1.807, 2.05) is 0 Å². The molecule has 0 N–H and O–H groups in total. The van der Waals surface area contributed by atoms with Crippen molar-refractivity contribution in [3.63, 3.8) is 0 Å². The summed E-state index contributed by atoms with van der Waals surface area (Å²) in [7, 11) is 0. The van der Waals surface area contributed by atoms with E-state index in [9.17, 15) is 0 Å². The second kappa shape index (κ2) is 13.1. The highest BCUT2D eigenvalue weighted by Gasteiger charge is 2.22. The fraction of sp³-hybridized carbons (Fsp3) is 0. The third-order valence-corrected chi connectivity index (χ3v) is 10.9. The topological polar surface area (TPSA) is 24.6 Å². The van der Waals surface area contributed by atoms with Crippen LogP contribution in [0.1, 0.15) is 0 Å². The SMILES string of the molecule is c1ccc(N(c2cccc(N(c3ccccc3)c3cccc4oc5c6ccccc6ccc5c34)c2)c2ccc3c4ccccc4n(-c4ccccc4)c3c2)cc1. The molecule has 9 aromatic carbocycles. The van der Waals surface area contributed by atoms with Gasteiger partial charge in [-0.25, -0.2) is 0 Å². The fourth-order valence-corrected chi connectivity index (χ4v) is 8.47. The van der Waals surface area contributed by atoms with Crippen molar-refractivity contribution in [3.05, 3.63) is 212 Å². The quantitative estimate of drug-likeness (QED) is 0.164. The van der Waals surface area contributed by atoms with Crippen molar-refractivity contribution in [2.45, 2.75) is 0 Å². The minimum absolute atomic E-state index is 0.860. The van der Waals surface area contributed by atoms with Gasteiger partial charge in [-0.15, -0.1) is 0 Å². The van der Waals surface area contributed by atoms with Gasteiger partial charge in [-0.1, -0.05) is 121 Å². The van der Waals surface area contributed by atoms with Crippen LogP contribution < -0.4 is 9.80 Å². The van der Waals surface area contributed by atoms with E-state index in [0.29, 0.717) is 0 Å². The van der Waals surface area contributed by atoms with Crippen molar-refractivity contribution in [2.75, 3.05) is 9.80 Å². The van der Waals surface area contributed by atoms with E-state index in [-0.39, 0.29) is 0 Å². The summed E-state index contributed by atoms with van der Waals surface area (Å²) < 4.78 is 9.05. The van der Waals surface area contributed by atoms with E-state index in [1.54, 1.807) is 0 Å². The maximum absolute atomic E-state index is 6.67. The molecule has 0 bridgehead atoms. The molecule has 0 saturated heterocycles. The summed E-state index contributed by atoms with van der Waals surface area (Å²) in [6.45, 7) is 0. The van der Waals surface area contributed by atoms with E-state index in [0.717, 1.165) is 78.0 Å². The Bertz CT molecular complexity index is 3200. The van der Waals surface area contributed by atoms with E-state index < -0.39 is 0 Å². The molecule has 4 heteroatoms. The molecule has 264 valence electrons. The molecule has 0 aliphatic heterocycles.